The average Bonchev–Trinajstić information content (AvgIpc) is 2.87. The summed E-state index contributed by atoms with van der Waals surface area (Å²) in [4.78, 5) is 18.1. The number of H-pyrrole nitrogens is 1. The minimum atomic E-state index is -0.188. The van der Waals surface area contributed by atoms with Crippen LogP contribution in [0.1, 0.15) is 10.4 Å². The van der Waals surface area contributed by atoms with E-state index in [0.717, 1.165) is 28.0 Å². The summed E-state index contributed by atoms with van der Waals surface area (Å²) in [5.74, 6) is -0.188. The van der Waals surface area contributed by atoms with Crippen LogP contribution >= 0.6 is 11.6 Å². The third kappa shape index (κ3) is 6.14. The van der Waals surface area contributed by atoms with Gasteiger partial charge in [-0.2, -0.15) is 0 Å². The maximum Gasteiger partial charge on any atom is 0.255 e. The van der Waals surface area contributed by atoms with Gasteiger partial charge in [0.2, 0.25) is 5.52 Å². The van der Waals surface area contributed by atoms with Crippen molar-refractivity contribution in [1.29, 1.82) is 0 Å². The Morgan fingerprint density at radius 2 is 1.78 bits per heavy atom. The largest absolute Gasteiger partial charge is 1.00 e. The van der Waals surface area contributed by atoms with Gasteiger partial charge < -0.3 is 39.0 Å². The zero-order valence-electron chi connectivity index (χ0n) is 20.0. The molecule has 5 rings (SSSR count). The zero-order chi connectivity index (χ0) is 25.1. The van der Waals surface area contributed by atoms with E-state index in [1.807, 2.05) is 103 Å². The third-order valence-electron chi connectivity index (χ3n) is 5.91. The lowest BCUT2D eigenvalue weighted by Gasteiger charge is -2.28. The topological polar surface area (TPSA) is 96.6 Å². The number of likely N-dealkylation sites (N-methyl/N-ethyl adjacent to an activating group) is 1. The Kier molecular flexibility index (Phi) is 7.86. The van der Waals surface area contributed by atoms with Gasteiger partial charge in [0, 0.05) is 58.7 Å². The highest BCUT2D eigenvalue weighted by molar-refractivity contribution is 6.31. The number of carbonyl (C=O) groups excluding carboxylic acids is 1. The van der Waals surface area contributed by atoms with Crippen LogP contribution in [0.3, 0.4) is 0 Å². The van der Waals surface area contributed by atoms with Crippen LogP contribution in [0.15, 0.2) is 102 Å². The zero-order valence-corrected chi connectivity index (χ0v) is 21.5. The maximum atomic E-state index is 12.9. The molecule has 1 atom stereocenters. The summed E-state index contributed by atoms with van der Waals surface area (Å²) in [6, 6.07) is 22.7. The van der Waals surface area contributed by atoms with E-state index in [2.05, 4.69) is 20.9 Å². The predicted octanol–water partition coefficient (Wildman–Crippen LogP) is 2.56. The van der Waals surface area contributed by atoms with Crippen LogP contribution in [0.5, 0.6) is 0 Å². The predicted molar refractivity (Wildman–Crippen MR) is 147 cm³/mol. The number of nitrogen functional groups attached to an aromatic ring is 1. The minimum Gasteiger partial charge on any atom is -1.00 e. The summed E-state index contributed by atoms with van der Waals surface area (Å²) < 4.78 is 0. The number of nitrogens with one attached hydrogen (secondary N) is 4. The quantitative estimate of drug-likeness (QED) is 0.286. The summed E-state index contributed by atoms with van der Waals surface area (Å²) in [5, 5.41) is 11.5. The van der Waals surface area contributed by atoms with Crippen molar-refractivity contribution in [3.8, 4) is 0 Å². The number of aromatic nitrogens is 1. The molecule has 0 spiro atoms. The fourth-order valence-corrected chi connectivity index (χ4v) is 4.17. The number of allylic oxidation sites excluding steroid dienone is 2. The van der Waals surface area contributed by atoms with E-state index in [4.69, 9.17) is 17.3 Å². The molecule has 0 saturated carbocycles. The number of anilines is 5. The van der Waals surface area contributed by atoms with Crippen molar-refractivity contribution in [1.82, 2.24) is 4.90 Å². The number of aromatic amines is 1. The Bertz CT molecular complexity index is 1490. The summed E-state index contributed by atoms with van der Waals surface area (Å²) in [5.41, 5.74) is 11.5. The molecule has 37 heavy (non-hydrogen) atoms. The fourth-order valence-electron chi connectivity index (χ4n) is 4.00. The van der Waals surface area contributed by atoms with Crippen LogP contribution in [0.4, 0.5) is 28.4 Å². The van der Waals surface area contributed by atoms with Crippen molar-refractivity contribution in [2.45, 2.75) is 6.17 Å². The Hall–Kier alpha value is -4.20. The molecule has 4 aromatic rings. The van der Waals surface area contributed by atoms with E-state index >= 15 is 0 Å². The van der Waals surface area contributed by atoms with Gasteiger partial charge in [-0.25, -0.2) is 4.98 Å². The monoisotopic (exact) mass is 532 g/mol. The number of nitrogens with two attached hydrogens (primary N) is 1. The molecular formula is C28H26Cl2N6O. The van der Waals surface area contributed by atoms with Gasteiger partial charge in [-0.3, -0.25) is 4.79 Å². The van der Waals surface area contributed by atoms with Crippen molar-refractivity contribution in [3.63, 3.8) is 0 Å². The van der Waals surface area contributed by atoms with Crippen LogP contribution in [-0.2, 0) is 0 Å². The molecule has 3 aromatic carbocycles. The molecule has 1 aromatic heterocycles. The van der Waals surface area contributed by atoms with Gasteiger partial charge in [0.1, 0.15) is 6.17 Å². The summed E-state index contributed by atoms with van der Waals surface area (Å²) >= 11 is 6.14. The number of benzene rings is 3. The number of hydrogen-bond donors (Lipinski definition) is 4. The summed E-state index contributed by atoms with van der Waals surface area (Å²) in [6.45, 7) is 0. The number of amides is 1. The molecule has 2 heterocycles. The van der Waals surface area contributed by atoms with E-state index in [-0.39, 0.29) is 24.5 Å². The van der Waals surface area contributed by atoms with Gasteiger partial charge in [-0.15, -0.1) is 0 Å². The van der Waals surface area contributed by atoms with E-state index in [0.29, 0.717) is 22.0 Å². The van der Waals surface area contributed by atoms with Gasteiger partial charge in [-0.1, -0.05) is 17.7 Å². The molecule has 0 radical (unpaired) electrons. The van der Waals surface area contributed by atoms with Gasteiger partial charge >= 0.3 is 0 Å². The minimum absolute atomic E-state index is 0. The Labute approximate surface area is 226 Å². The van der Waals surface area contributed by atoms with Gasteiger partial charge in [-0.05, 0) is 66.7 Å². The second-order valence-corrected chi connectivity index (χ2v) is 8.99. The smallest absolute Gasteiger partial charge is 0.255 e. The van der Waals surface area contributed by atoms with Crippen molar-refractivity contribution >= 4 is 56.8 Å². The van der Waals surface area contributed by atoms with Crippen molar-refractivity contribution in [2.24, 2.45) is 0 Å². The highest BCUT2D eigenvalue weighted by Crippen LogP contribution is 2.26. The SMILES string of the molecule is CN1C=CC(Cl)=CC1Nc1cccc(C(=O)Nc2ccc(Nc3cc[nH+]c4cc(N)ccc34)cc2)c1.[Cl-]. The van der Waals surface area contributed by atoms with Gasteiger partial charge in [0.15, 0.2) is 6.20 Å². The van der Waals surface area contributed by atoms with E-state index in [1.54, 1.807) is 6.07 Å². The van der Waals surface area contributed by atoms with E-state index < -0.39 is 0 Å². The number of carbonyl (C=O) groups is 1. The standard InChI is InChI=1S/C28H25ClN6O.ClH/c1-35-14-12-19(29)16-27(35)33-23-4-2-3-18(15-23)28(36)34-22-8-6-21(7-9-22)32-25-11-13-31-26-17-20(30)5-10-24(25)26;/h2-17,27,33H,30H2,1H3,(H,31,32)(H,34,36);1H. The molecule has 9 heteroatoms. The number of halogens is 2. The molecule has 0 fully saturated rings. The van der Waals surface area contributed by atoms with Crippen LogP contribution in [0, 0.1) is 0 Å². The molecule has 188 valence electrons. The van der Waals surface area contributed by atoms with Crippen molar-refractivity contribution < 1.29 is 22.2 Å². The second-order valence-electron chi connectivity index (χ2n) is 8.56. The first-order valence-corrected chi connectivity index (χ1v) is 11.8. The van der Waals surface area contributed by atoms with E-state index in [1.165, 1.54) is 0 Å². The Morgan fingerprint density at radius 3 is 2.59 bits per heavy atom. The van der Waals surface area contributed by atoms with Crippen molar-refractivity contribution in [2.75, 3.05) is 28.7 Å². The first-order valence-electron chi connectivity index (χ1n) is 11.5. The molecule has 1 amide bonds. The maximum absolute atomic E-state index is 12.9. The molecule has 1 aliphatic heterocycles. The summed E-state index contributed by atoms with van der Waals surface area (Å²) in [6.07, 6.45) is 7.42. The molecular weight excluding hydrogens is 507 g/mol. The Morgan fingerprint density at radius 1 is 1.00 bits per heavy atom. The highest BCUT2D eigenvalue weighted by atomic mass is 35.5. The summed E-state index contributed by atoms with van der Waals surface area (Å²) in [7, 11) is 1.96. The lowest BCUT2D eigenvalue weighted by Crippen LogP contribution is -3.00. The Balaban J connectivity index is 0.00000320. The average molecular weight is 533 g/mol. The number of pyridine rings is 1. The van der Waals surface area contributed by atoms with Gasteiger partial charge in [0.05, 0.1) is 11.1 Å². The van der Waals surface area contributed by atoms with Crippen molar-refractivity contribution in [3.05, 3.63) is 108 Å². The van der Waals surface area contributed by atoms with Crippen LogP contribution in [0.25, 0.3) is 10.9 Å². The first-order chi connectivity index (χ1) is 17.4. The van der Waals surface area contributed by atoms with Crippen LogP contribution in [0.2, 0.25) is 0 Å². The molecule has 0 aliphatic carbocycles. The first kappa shape index (κ1) is 25.9. The number of rotatable bonds is 6. The molecule has 0 saturated heterocycles. The molecule has 1 unspecified atom stereocenters. The molecule has 6 N–H and O–H groups in total. The lowest BCUT2D eigenvalue weighted by atomic mass is 10.1. The lowest BCUT2D eigenvalue weighted by molar-refractivity contribution is -0.344. The molecule has 7 nitrogen and oxygen atoms in total. The second kappa shape index (κ2) is 11.2. The van der Waals surface area contributed by atoms with Crippen LogP contribution in [-0.4, -0.2) is 24.0 Å². The number of fused-ring (bicyclic) bond motifs is 1. The van der Waals surface area contributed by atoms with E-state index in [9.17, 15) is 4.79 Å². The number of hydrogen-bond acceptors (Lipinski definition) is 5. The highest BCUT2D eigenvalue weighted by Gasteiger charge is 2.14. The molecule has 1 aliphatic rings. The number of nitrogens with zero attached hydrogens (tertiary/aromatic N) is 1. The third-order valence-corrected chi connectivity index (χ3v) is 6.16. The fraction of sp³-hybridized carbons (Fsp3) is 0.0714. The normalized spacial score (nSPS) is 14.5. The molecule has 0 bridgehead atoms. The van der Waals surface area contributed by atoms with Crippen LogP contribution < -0.4 is 39.1 Å². The van der Waals surface area contributed by atoms with Gasteiger partial charge in [0.25, 0.3) is 5.91 Å².